The lowest BCUT2D eigenvalue weighted by molar-refractivity contribution is -0.130. The van der Waals surface area contributed by atoms with Crippen molar-refractivity contribution in [2.24, 2.45) is 17.6 Å². The summed E-state index contributed by atoms with van der Waals surface area (Å²) in [6.45, 7) is 88.8. The molecule has 2 aliphatic carbocycles. The van der Waals surface area contributed by atoms with Gasteiger partial charge in [0, 0.05) is 81.8 Å². The number of sulfone groups is 1. The number of hydrogen-bond donors (Lipinski definition) is 2. The van der Waals surface area contributed by atoms with Crippen molar-refractivity contribution in [1.82, 2.24) is 25.2 Å². The monoisotopic (exact) mass is 1820 g/mol. The number of aromatic nitrogens is 3. The van der Waals surface area contributed by atoms with Gasteiger partial charge >= 0.3 is 0 Å². The number of pyridine rings is 3. The first-order chi connectivity index (χ1) is 53.8. The maximum absolute atomic E-state index is 10.7. The van der Waals surface area contributed by atoms with Gasteiger partial charge in [-0.05, 0) is 307 Å². The molecule has 2 fully saturated rings. The molecule has 0 radical (unpaired) electrons. The highest BCUT2D eigenvalue weighted by molar-refractivity contribution is 7.90. The number of allylic oxidation sites excluding steroid dienone is 4. The van der Waals surface area contributed by atoms with E-state index < -0.39 is 15.7 Å². The molecule has 3 N–H and O–H groups in total. The molecule has 2 amide bonds. The fourth-order valence-electron chi connectivity index (χ4n) is 8.97. The molecule has 1 saturated heterocycles. The zero-order chi connectivity index (χ0) is 94.2. The van der Waals surface area contributed by atoms with Crippen molar-refractivity contribution in [2.75, 3.05) is 99.2 Å². The molecule has 0 bridgehead atoms. The van der Waals surface area contributed by atoms with Crippen LogP contribution in [0.3, 0.4) is 0 Å². The van der Waals surface area contributed by atoms with Crippen LogP contribution >= 0.6 is 0 Å². The van der Waals surface area contributed by atoms with Gasteiger partial charge in [-0.25, -0.2) is 13.4 Å². The number of hydrogen-bond acceptors (Lipinski definition) is 17. The molecule has 756 valence electrons. The van der Waals surface area contributed by atoms with Gasteiger partial charge in [-0.1, -0.05) is 198 Å². The number of ether oxygens (including phenoxy) is 9. The molecule has 1 aliphatic heterocycles. The summed E-state index contributed by atoms with van der Waals surface area (Å²) in [7, 11) is 2.07. The molecular weight excluding hydrogens is 1600 g/mol. The van der Waals surface area contributed by atoms with E-state index in [9.17, 15) is 18.0 Å². The van der Waals surface area contributed by atoms with Crippen LogP contribution in [0.15, 0.2) is 78.8 Å². The largest absolute Gasteiger partial charge is 0.481 e. The average molecular weight is 1820 g/mol. The van der Waals surface area contributed by atoms with Crippen molar-refractivity contribution in [3.05, 3.63) is 107 Å². The molecule has 0 atom stereocenters. The second kappa shape index (κ2) is 75.8. The Bertz CT molecular complexity index is 3050. The first-order valence-electron chi connectivity index (χ1n) is 43.9. The predicted octanol–water partition coefficient (Wildman–Crippen LogP) is 27.9. The Kier molecular flexibility index (Phi) is 90.0. The van der Waals surface area contributed by atoms with Crippen LogP contribution in [-0.4, -0.2) is 184 Å². The Morgan fingerprint density at radius 1 is 0.476 bits per heavy atom. The first kappa shape index (κ1) is 150. The lowest BCUT2D eigenvalue weighted by Gasteiger charge is -2.38. The third-order valence-electron chi connectivity index (χ3n) is 16.5. The van der Waals surface area contributed by atoms with Crippen molar-refractivity contribution in [3.63, 3.8) is 0 Å². The number of amides is 2. The van der Waals surface area contributed by atoms with Crippen LogP contribution in [0.1, 0.15) is 407 Å². The lowest BCUT2D eigenvalue weighted by atomic mass is 9.86. The normalized spacial score (nSPS) is 13.2. The van der Waals surface area contributed by atoms with Crippen molar-refractivity contribution >= 4 is 21.7 Å². The van der Waals surface area contributed by atoms with Crippen LogP contribution in [0.25, 0.3) is 0 Å². The van der Waals surface area contributed by atoms with Gasteiger partial charge in [0.2, 0.25) is 17.7 Å². The van der Waals surface area contributed by atoms with Gasteiger partial charge < -0.3 is 53.7 Å². The van der Waals surface area contributed by atoms with Crippen molar-refractivity contribution in [2.45, 2.75) is 454 Å². The van der Waals surface area contributed by atoms with Gasteiger partial charge in [0.15, 0.2) is 0 Å². The second-order valence-electron chi connectivity index (χ2n) is 41.8. The number of unbranched alkanes of at least 4 members (excludes halogenated alkanes) is 1. The molecule has 126 heavy (non-hydrogen) atoms. The minimum Gasteiger partial charge on any atom is -0.481 e. The number of primary amides is 1. The smallest absolute Gasteiger partial charge is 0.245 e. The zero-order valence-corrected chi connectivity index (χ0v) is 86.0. The van der Waals surface area contributed by atoms with Gasteiger partial charge in [-0.3, -0.25) is 24.5 Å². The number of carbonyl (C=O) groups excluding carboxylic acids is 2. The van der Waals surface area contributed by atoms with Gasteiger partial charge in [0.1, 0.15) is 23.1 Å². The topological polar surface area (TPSA) is 231 Å². The number of likely N-dealkylation sites (N-methyl/N-ethyl adjacent to an activating group) is 1. The Morgan fingerprint density at radius 3 is 1.07 bits per heavy atom. The summed E-state index contributed by atoms with van der Waals surface area (Å²) in [5.41, 5.74) is 12.8. The van der Waals surface area contributed by atoms with Gasteiger partial charge in [0.25, 0.3) is 0 Å². The third kappa shape index (κ3) is 112. The minimum absolute atomic E-state index is 0. The summed E-state index contributed by atoms with van der Waals surface area (Å²) >= 11 is 0. The molecule has 19 nitrogen and oxygen atoms in total. The number of likely N-dealkylation sites (tertiary alicyclic amines) is 1. The summed E-state index contributed by atoms with van der Waals surface area (Å²) in [5.74, 6) is 1.96. The first-order valence-corrected chi connectivity index (χ1v) is 46.0. The SMILES string of the molecule is C.C.C.C.C.C.C.CC(C)(C)N1CCCCC1.CC(C)(C)OCC(N)=O.CC(C)(C)OCC1CCC1.CC(C)(C)OCCCS(C)(=O)=O.CC(C)C1=CCC=C1.CCCCOC(C)(C)C.CCCOC(C)(C)C.CNC(=O)COC(C)(C)C.COCCOC(C)(C)C.COc1ccc(C(C)(C)C)cn1.Cc1ccc(C(C)(C)C)cn1.Cc1ccc(C(C)(C)C)cn1. The minimum atomic E-state index is -2.82. The number of nitrogens with one attached hydrogen (secondary N) is 1. The van der Waals surface area contributed by atoms with E-state index in [1.807, 2.05) is 128 Å². The number of aryl methyl sites for hydroxylation is 2. The molecule has 20 heteroatoms. The molecule has 0 aromatic carbocycles. The van der Waals surface area contributed by atoms with Crippen LogP contribution < -0.4 is 15.8 Å². The summed E-state index contributed by atoms with van der Waals surface area (Å²) in [6.07, 6.45) is 27.4. The zero-order valence-electron chi connectivity index (χ0n) is 85.2. The highest BCUT2D eigenvalue weighted by atomic mass is 32.2. The van der Waals surface area contributed by atoms with E-state index in [0.717, 1.165) is 50.0 Å². The quantitative estimate of drug-likeness (QED) is 0.100. The molecule has 3 aromatic rings. The summed E-state index contributed by atoms with van der Waals surface area (Å²) < 4.78 is 68.6. The lowest BCUT2D eigenvalue weighted by Crippen LogP contribution is -2.44. The van der Waals surface area contributed by atoms with E-state index in [2.05, 4.69) is 241 Å². The van der Waals surface area contributed by atoms with E-state index in [1.54, 1.807) is 21.3 Å². The number of rotatable bonds is 20. The number of nitrogens with zero attached hydrogens (tertiary/aromatic N) is 4. The summed E-state index contributed by atoms with van der Waals surface area (Å²) in [4.78, 5) is 36.0. The molecule has 3 aromatic heterocycles. The van der Waals surface area contributed by atoms with Crippen LogP contribution in [0.4, 0.5) is 0 Å². The van der Waals surface area contributed by atoms with Crippen molar-refractivity contribution in [3.8, 4) is 5.88 Å². The van der Waals surface area contributed by atoms with Crippen LogP contribution in [-0.2, 0) is 73.6 Å². The summed E-state index contributed by atoms with van der Waals surface area (Å²) in [5, 5.41) is 2.47. The van der Waals surface area contributed by atoms with E-state index >= 15 is 0 Å². The Hall–Kier alpha value is -4.74. The standard InChI is InChI=1S/C10H15NO.2C10H15N.C9H19N.C9H18O.C8H18O3S.C8H18O.C8H12.C7H15NO2.C7H16O2.C7H16O.C6H13NO2.7CH4/c1-10(2,3)8-5-6-9(12-4)11-7-8;2*1-8-5-6-9(7-11-8)10(2,3)4;1-9(2,3)10-7-5-4-6-8-10;1-9(2,3)10-7-8-5-4-6-8;1-8(2,3)11-6-5-7-12(4,9)10;1-5-6-7-9-8(2,3)4;1-7(2)8-5-3-4-6-8;1-7(2,3)10-5-6(9)8-4;1-7(2,3)9-6-5-8-4;1-5-6-8-7(2,3)4;1-6(2,3)9-4-5(7)8;;;;;;;/h5-7H,1-4H3;2*5-7H,1-4H3;4-8H2,1-3H3;8H,4-7H2,1-3H3;5-7H2,1-4H3;5-7H2,1-4H3;3,5-7H,4H2,1-2H3;5H2,1-4H3,(H,8,9);5-6H2,1-4H3;5-6H2,1-4H3;4H2,1-3H3,(H2,7,8);7*1H4. The molecule has 0 spiro atoms. The fourth-order valence-corrected chi connectivity index (χ4v) is 9.61. The molecule has 0 unspecified atom stereocenters. The average Bonchev–Trinajstić information content (AvgIpc) is 1.01. The third-order valence-corrected chi connectivity index (χ3v) is 17.5. The van der Waals surface area contributed by atoms with E-state index in [4.69, 9.17) is 48.4 Å². The van der Waals surface area contributed by atoms with Crippen LogP contribution in [0.5, 0.6) is 5.88 Å². The number of piperidine rings is 1. The number of nitrogens with two attached hydrogens (primary N) is 1. The van der Waals surface area contributed by atoms with Gasteiger partial charge in [-0.15, -0.1) is 0 Å². The maximum atomic E-state index is 10.7. The second-order valence-corrected chi connectivity index (χ2v) is 44.0. The molecule has 3 aliphatic rings. The molecule has 4 heterocycles. The van der Waals surface area contributed by atoms with Gasteiger partial charge in [0.05, 0.1) is 71.9 Å². The van der Waals surface area contributed by atoms with Crippen LogP contribution in [0, 0.1) is 25.7 Å². The molecule has 6 rings (SSSR count). The Labute approximate surface area is 786 Å². The van der Waals surface area contributed by atoms with E-state index in [-0.39, 0.29) is 132 Å². The number of methoxy groups -OCH3 is 2. The van der Waals surface area contributed by atoms with Crippen LogP contribution in [0.2, 0.25) is 0 Å². The van der Waals surface area contributed by atoms with Gasteiger partial charge in [-0.2, -0.15) is 0 Å². The maximum Gasteiger partial charge on any atom is 0.245 e. The fraction of sp³-hybridized carbons (Fsp3) is 0.802. The Balaban J connectivity index is -0.000000100. The predicted molar refractivity (Wildman–Crippen MR) is 556 cm³/mol. The highest BCUT2D eigenvalue weighted by Gasteiger charge is 2.24. The molecular formula is C106H218N6O13S. The number of carbonyl (C=O) groups is 2. The van der Waals surface area contributed by atoms with Crippen molar-refractivity contribution in [1.29, 1.82) is 0 Å². The summed E-state index contributed by atoms with van der Waals surface area (Å²) in [6, 6.07) is 12.3. The van der Waals surface area contributed by atoms with E-state index in [1.165, 1.54) is 93.0 Å². The highest BCUT2D eigenvalue weighted by Crippen LogP contribution is 2.29. The van der Waals surface area contributed by atoms with E-state index in [0.29, 0.717) is 43.6 Å². The van der Waals surface area contributed by atoms with Crippen molar-refractivity contribution < 1.29 is 60.6 Å². The molecule has 1 saturated carbocycles. The Morgan fingerprint density at radius 2 is 0.841 bits per heavy atom.